The zero-order valence-corrected chi connectivity index (χ0v) is 20.9. The van der Waals surface area contributed by atoms with E-state index in [2.05, 4.69) is 18.8 Å². The number of hydrogen-bond donors (Lipinski definition) is 3. The molecule has 2 aliphatic heterocycles. The van der Waals surface area contributed by atoms with Crippen molar-refractivity contribution in [1.82, 2.24) is 5.32 Å². The predicted molar refractivity (Wildman–Crippen MR) is 134 cm³/mol. The molecular weight excluding hydrogens is 442 g/mol. The quantitative estimate of drug-likeness (QED) is 0.442. The molecule has 3 N–H and O–H groups in total. The summed E-state index contributed by atoms with van der Waals surface area (Å²) in [5, 5.41) is 24.8. The van der Waals surface area contributed by atoms with Crippen LogP contribution >= 0.6 is 0 Å². The van der Waals surface area contributed by atoms with Crippen LogP contribution in [0.25, 0.3) is 0 Å². The van der Waals surface area contributed by atoms with Crippen LogP contribution in [0.3, 0.4) is 0 Å². The number of carbonyl (C=O) groups is 2. The predicted octanol–water partition coefficient (Wildman–Crippen LogP) is 3.72. The number of allylic oxidation sites excluding steroid dienone is 1. The Morgan fingerprint density at radius 2 is 1.86 bits per heavy atom. The summed E-state index contributed by atoms with van der Waals surface area (Å²) in [6, 6.07) is 9.66. The zero-order chi connectivity index (χ0) is 25.2. The van der Waals surface area contributed by atoms with Gasteiger partial charge in [0.05, 0.1) is 18.1 Å². The highest BCUT2D eigenvalue weighted by molar-refractivity contribution is 5.92. The normalized spacial score (nSPS) is 39.5. The number of ether oxygens (including phenoxy) is 1. The molecule has 0 radical (unpaired) electrons. The summed E-state index contributed by atoms with van der Waals surface area (Å²) in [6.45, 7) is 8.32. The van der Waals surface area contributed by atoms with Gasteiger partial charge in [-0.05, 0) is 48.7 Å². The van der Waals surface area contributed by atoms with Crippen molar-refractivity contribution in [2.75, 3.05) is 0 Å². The summed E-state index contributed by atoms with van der Waals surface area (Å²) in [6.07, 6.45) is 6.53. The van der Waals surface area contributed by atoms with Crippen molar-refractivity contribution in [1.29, 1.82) is 0 Å². The number of aliphatic hydroxyl groups excluding tert-OH is 2. The molecule has 1 aliphatic carbocycles. The van der Waals surface area contributed by atoms with Gasteiger partial charge < -0.3 is 20.3 Å². The van der Waals surface area contributed by atoms with Gasteiger partial charge in [0, 0.05) is 18.4 Å². The molecule has 0 aromatic heterocycles. The van der Waals surface area contributed by atoms with Gasteiger partial charge in [0.1, 0.15) is 0 Å². The van der Waals surface area contributed by atoms with Gasteiger partial charge in [-0.25, -0.2) is 0 Å². The molecule has 35 heavy (non-hydrogen) atoms. The second-order valence-electron chi connectivity index (χ2n) is 10.8. The highest BCUT2D eigenvalue weighted by atomic mass is 16.6. The van der Waals surface area contributed by atoms with E-state index in [1.54, 1.807) is 0 Å². The summed E-state index contributed by atoms with van der Waals surface area (Å²) in [5.41, 5.74) is 0.219. The molecule has 3 aliphatic rings. The fourth-order valence-corrected chi connectivity index (χ4v) is 6.30. The van der Waals surface area contributed by atoms with Crippen LogP contribution in [0, 0.1) is 23.7 Å². The molecule has 1 saturated carbocycles. The Labute approximate surface area is 208 Å². The fraction of sp³-hybridized carbons (Fsp3) is 0.586. The maximum atomic E-state index is 13.8. The molecule has 1 amide bonds. The first-order chi connectivity index (χ1) is 16.7. The van der Waals surface area contributed by atoms with Gasteiger partial charge in [0.15, 0.2) is 0 Å². The Balaban J connectivity index is 1.75. The van der Waals surface area contributed by atoms with Gasteiger partial charge in [-0.2, -0.15) is 0 Å². The summed E-state index contributed by atoms with van der Waals surface area (Å²) in [4.78, 5) is 26.9. The Bertz CT molecular complexity index is 959. The van der Waals surface area contributed by atoms with E-state index in [0.717, 1.165) is 24.8 Å². The molecule has 2 heterocycles. The number of benzene rings is 1. The van der Waals surface area contributed by atoms with Gasteiger partial charge in [0.2, 0.25) is 5.60 Å². The van der Waals surface area contributed by atoms with Crippen molar-refractivity contribution in [2.45, 2.75) is 82.6 Å². The number of aliphatic hydroxyl groups is 2. The molecule has 1 spiro atoms. The number of amides is 1. The van der Waals surface area contributed by atoms with E-state index in [4.69, 9.17) is 4.74 Å². The molecule has 4 rings (SSSR count). The molecule has 6 nitrogen and oxygen atoms in total. The van der Waals surface area contributed by atoms with E-state index in [9.17, 15) is 19.8 Å². The van der Waals surface area contributed by atoms with Crippen molar-refractivity contribution in [3.8, 4) is 0 Å². The van der Waals surface area contributed by atoms with Crippen LogP contribution in [0.1, 0.15) is 57.9 Å². The Morgan fingerprint density at radius 1 is 1.11 bits per heavy atom. The lowest BCUT2D eigenvalue weighted by Crippen LogP contribution is -2.61. The number of nitrogens with one attached hydrogen (secondary N) is 1. The third-order valence-corrected chi connectivity index (χ3v) is 8.32. The summed E-state index contributed by atoms with van der Waals surface area (Å²) < 4.78 is 6.14. The number of rotatable bonds is 2. The largest absolute Gasteiger partial charge is 0.448 e. The van der Waals surface area contributed by atoms with E-state index in [-0.39, 0.29) is 30.2 Å². The van der Waals surface area contributed by atoms with Crippen LogP contribution in [0.5, 0.6) is 0 Å². The summed E-state index contributed by atoms with van der Waals surface area (Å²) in [5.74, 6) is -1.80. The molecule has 1 unspecified atom stereocenters. The Kier molecular flexibility index (Phi) is 7.82. The third kappa shape index (κ3) is 5.10. The summed E-state index contributed by atoms with van der Waals surface area (Å²) >= 11 is 0. The first kappa shape index (κ1) is 25.6. The highest BCUT2D eigenvalue weighted by Crippen LogP contribution is 2.52. The van der Waals surface area contributed by atoms with Crippen molar-refractivity contribution in [3.63, 3.8) is 0 Å². The summed E-state index contributed by atoms with van der Waals surface area (Å²) in [7, 11) is 0. The third-order valence-electron chi connectivity index (χ3n) is 8.32. The number of hydrogen-bond acceptors (Lipinski definition) is 5. The first-order valence-electron chi connectivity index (χ1n) is 13.0. The number of esters is 1. The zero-order valence-electron chi connectivity index (χ0n) is 20.9. The van der Waals surface area contributed by atoms with E-state index in [1.165, 1.54) is 0 Å². The van der Waals surface area contributed by atoms with Gasteiger partial charge in [-0.1, -0.05) is 75.8 Å². The minimum absolute atomic E-state index is 0.0314. The molecule has 0 bridgehead atoms. The van der Waals surface area contributed by atoms with Crippen LogP contribution in [-0.2, 0) is 20.7 Å². The molecule has 6 heteroatoms. The standard InChI is InChI=1S/C29H39NO5/c1-18-9-7-13-22(31)15-16-25(32)35-29-23(14-8-10-18)27(33)20(3)19(2)26(29)24(30-28(29)34)17-21-11-5-4-6-12-21/h4-6,8,11-12,14,18-19,22-24,26-27,31,33H,3,7,9-10,13,15-17H2,1-2H3,(H,30,34)/b14-8+/t18-,19+,22+,23-,24-,26?,27+,29+/m0/s1. The van der Waals surface area contributed by atoms with Crippen molar-refractivity contribution in [2.24, 2.45) is 23.7 Å². The molecule has 8 atom stereocenters. The second-order valence-corrected chi connectivity index (χ2v) is 10.8. The molecule has 1 saturated heterocycles. The lowest BCUT2D eigenvalue weighted by molar-refractivity contribution is -0.187. The lowest BCUT2D eigenvalue weighted by atomic mass is 9.59. The van der Waals surface area contributed by atoms with E-state index < -0.39 is 29.7 Å². The molecule has 1 aromatic rings. The SMILES string of the molecule is C=C1[C@@H](C)C2[C@H](Cc3ccccc3)NC(=O)[C@]23OC(=O)CC[C@H](O)CCC[C@H](C)C/C=C/[C@H]3[C@@H]1O. The molecule has 2 fully saturated rings. The molecular formula is C29H39NO5. The van der Waals surface area contributed by atoms with Crippen molar-refractivity contribution in [3.05, 3.63) is 60.2 Å². The van der Waals surface area contributed by atoms with E-state index in [1.807, 2.05) is 49.4 Å². The monoisotopic (exact) mass is 481 g/mol. The van der Waals surface area contributed by atoms with Crippen LogP contribution in [0.15, 0.2) is 54.6 Å². The Morgan fingerprint density at radius 3 is 2.60 bits per heavy atom. The lowest BCUT2D eigenvalue weighted by Gasteiger charge is -2.49. The first-order valence-corrected chi connectivity index (χ1v) is 13.0. The van der Waals surface area contributed by atoms with E-state index >= 15 is 0 Å². The highest BCUT2D eigenvalue weighted by Gasteiger charge is 2.67. The van der Waals surface area contributed by atoms with Gasteiger partial charge in [0.25, 0.3) is 5.91 Å². The minimum Gasteiger partial charge on any atom is -0.448 e. The maximum absolute atomic E-state index is 13.8. The van der Waals surface area contributed by atoms with E-state index in [0.29, 0.717) is 30.8 Å². The van der Waals surface area contributed by atoms with Crippen LogP contribution in [0.2, 0.25) is 0 Å². The van der Waals surface area contributed by atoms with Gasteiger partial charge in [-0.15, -0.1) is 0 Å². The van der Waals surface area contributed by atoms with Crippen LogP contribution in [-0.4, -0.2) is 45.9 Å². The second kappa shape index (κ2) is 10.7. The van der Waals surface area contributed by atoms with Crippen LogP contribution < -0.4 is 5.32 Å². The number of carbonyl (C=O) groups excluding carboxylic acids is 2. The molecule has 1 aromatic carbocycles. The topological polar surface area (TPSA) is 95.9 Å². The van der Waals surface area contributed by atoms with Crippen molar-refractivity contribution < 1.29 is 24.5 Å². The average molecular weight is 482 g/mol. The minimum atomic E-state index is -1.52. The smallest absolute Gasteiger partial charge is 0.306 e. The maximum Gasteiger partial charge on any atom is 0.306 e. The molecule has 190 valence electrons. The fourth-order valence-electron chi connectivity index (χ4n) is 6.30. The van der Waals surface area contributed by atoms with Crippen LogP contribution in [0.4, 0.5) is 0 Å². The Hall–Kier alpha value is -2.44. The van der Waals surface area contributed by atoms with Gasteiger partial charge in [-0.3, -0.25) is 9.59 Å². The van der Waals surface area contributed by atoms with Crippen molar-refractivity contribution >= 4 is 11.9 Å². The average Bonchev–Trinajstić information content (AvgIpc) is 3.09. The van der Waals surface area contributed by atoms with Gasteiger partial charge >= 0.3 is 5.97 Å².